The summed E-state index contributed by atoms with van der Waals surface area (Å²) < 4.78 is 5.69. The summed E-state index contributed by atoms with van der Waals surface area (Å²) in [6, 6.07) is 0.626. The van der Waals surface area contributed by atoms with Gasteiger partial charge in [0.05, 0.1) is 5.60 Å². The Labute approximate surface area is 99.6 Å². The molecule has 3 heteroatoms. The molecule has 1 rings (SSSR count). The summed E-state index contributed by atoms with van der Waals surface area (Å²) in [5.41, 5.74) is 0.0484. The molecule has 0 spiro atoms. The van der Waals surface area contributed by atoms with E-state index in [4.69, 9.17) is 9.84 Å². The second-order valence-corrected chi connectivity index (χ2v) is 5.39. The van der Waals surface area contributed by atoms with Crippen LogP contribution in [0.4, 0.5) is 0 Å². The molecule has 0 aromatic rings. The number of unbranched alkanes of at least 4 members (excludes halogenated alkanes) is 3. The van der Waals surface area contributed by atoms with Crippen LogP contribution < -0.4 is 5.32 Å². The van der Waals surface area contributed by atoms with Crippen LogP contribution in [-0.4, -0.2) is 36.5 Å². The lowest BCUT2D eigenvalue weighted by atomic mass is 9.94. The first-order chi connectivity index (χ1) is 7.64. The molecule has 16 heavy (non-hydrogen) atoms. The predicted octanol–water partition coefficient (Wildman–Crippen LogP) is 2.09. The Morgan fingerprint density at radius 1 is 1.25 bits per heavy atom. The van der Waals surface area contributed by atoms with E-state index < -0.39 is 0 Å². The number of hydrogen-bond donors (Lipinski definition) is 2. The summed E-state index contributed by atoms with van der Waals surface area (Å²) in [5, 5.41) is 12.3. The van der Waals surface area contributed by atoms with Crippen molar-refractivity contribution in [3.63, 3.8) is 0 Å². The number of rotatable bonds is 7. The third kappa shape index (κ3) is 5.83. The van der Waals surface area contributed by atoms with Gasteiger partial charge in [-0.2, -0.15) is 0 Å². The SMILES string of the molecule is CC1(C)CC(NCCCCCCO)CCO1. The van der Waals surface area contributed by atoms with E-state index in [0.717, 1.165) is 38.8 Å². The molecule has 0 aromatic carbocycles. The van der Waals surface area contributed by atoms with E-state index in [1.54, 1.807) is 0 Å². The molecule has 1 aliphatic heterocycles. The average Bonchev–Trinajstić information content (AvgIpc) is 2.22. The van der Waals surface area contributed by atoms with Crippen molar-refractivity contribution in [2.75, 3.05) is 19.8 Å². The minimum atomic E-state index is 0.0484. The van der Waals surface area contributed by atoms with Crippen LogP contribution in [0.2, 0.25) is 0 Å². The van der Waals surface area contributed by atoms with Crippen LogP contribution in [0, 0.1) is 0 Å². The highest BCUT2D eigenvalue weighted by Gasteiger charge is 2.28. The summed E-state index contributed by atoms with van der Waals surface area (Å²) in [6.07, 6.45) is 6.80. The summed E-state index contributed by atoms with van der Waals surface area (Å²) >= 11 is 0. The number of aliphatic hydroxyl groups excluding tert-OH is 1. The van der Waals surface area contributed by atoms with Crippen LogP contribution in [-0.2, 0) is 4.74 Å². The Morgan fingerprint density at radius 3 is 2.69 bits per heavy atom. The lowest BCUT2D eigenvalue weighted by Gasteiger charge is -2.36. The van der Waals surface area contributed by atoms with Gasteiger partial charge in [0.15, 0.2) is 0 Å². The molecule has 0 radical (unpaired) electrons. The zero-order valence-electron chi connectivity index (χ0n) is 10.8. The minimum Gasteiger partial charge on any atom is -0.396 e. The summed E-state index contributed by atoms with van der Waals surface area (Å²) in [5.74, 6) is 0. The van der Waals surface area contributed by atoms with E-state index in [9.17, 15) is 0 Å². The highest BCUT2D eigenvalue weighted by molar-refractivity contribution is 4.82. The number of nitrogens with one attached hydrogen (secondary N) is 1. The Hall–Kier alpha value is -0.120. The maximum absolute atomic E-state index is 8.65. The van der Waals surface area contributed by atoms with Crippen LogP contribution in [0.3, 0.4) is 0 Å². The highest BCUT2D eigenvalue weighted by atomic mass is 16.5. The zero-order chi connectivity index (χ0) is 11.9. The molecular formula is C13H27NO2. The van der Waals surface area contributed by atoms with Gasteiger partial charge in [-0.15, -0.1) is 0 Å². The molecule has 0 aromatic heterocycles. The van der Waals surface area contributed by atoms with Gasteiger partial charge in [0, 0.05) is 19.3 Å². The number of hydrogen-bond acceptors (Lipinski definition) is 3. The largest absolute Gasteiger partial charge is 0.396 e. The van der Waals surface area contributed by atoms with Crippen molar-refractivity contribution in [1.29, 1.82) is 0 Å². The Balaban J connectivity index is 2.00. The summed E-state index contributed by atoms with van der Waals surface area (Å²) in [7, 11) is 0. The maximum atomic E-state index is 8.65. The number of ether oxygens (including phenoxy) is 1. The van der Waals surface area contributed by atoms with Gasteiger partial charge < -0.3 is 15.2 Å². The average molecular weight is 229 g/mol. The Morgan fingerprint density at radius 2 is 2.00 bits per heavy atom. The van der Waals surface area contributed by atoms with Gasteiger partial charge in [0.2, 0.25) is 0 Å². The topological polar surface area (TPSA) is 41.5 Å². The van der Waals surface area contributed by atoms with Crippen LogP contribution >= 0.6 is 0 Å². The molecule has 1 unspecified atom stereocenters. The number of aliphatic hydroxyl groups is 1. The van der Waals surface area contributed by atoms with E-state index in [1.165, 1.54) is 12.8 Å². The molecule has 1 aliphatic rings. The lowest BCUT2D eigenvalue weighted by molar-refractivity contribution is -0.0628. The van der Waals surface area contributed by atoms with Crippen molar-refractivity contribution in [3.05, 3.63) is 0 Å². The first kappa shape index (κ1) is 13.9. The van der Waals surface area contributed by atoms with E-state index in [2.05, 4.69) is 19.2 Å². The minimum absolute atomic E-state index is 0.0484. The quantitative estimate of drug-likeness (QED) is 0.657. The molecule has 0 saturated carbocycles. The molecule has 0 bridgehead atoms. The zero-order valence-corrected chi connectivity index (χ0v) is 10.8. The van der Waals surface area contributed by atoms with Crippen LogP contribution in [0.25, 0.3) is 0 Å². The van der Waals surface area contributed by atoms with E-state index in [-0.39, 0.29) is 5.60 Å². The maximum Gasteiger partial charge on any atom is 0.0641 e. The van der Waals surface area contributed by atoms with Crippen LogP contribution in [0.15, 0.2) is 0 Å². The van der Waals surface area contributed by atoms with Crippen molar-refractivity contribution in [3.8, 4) is 0 Å². The first-order valence-corrected chi connectivity index (χ1v) is 6.62. The second-order valence-electron chi connectivity index (χ2n) is 5.39. The molecule has 0 amide bonds. The molecule has 96 valence electrons. The second kappa shape index (κ2) is 7.25. The van der Waals surface area contributed by atoms with Crippen molar-refractivity contribution < 1.29 is 9.84 Å². The first-order valence-electron chi connectivity index (χ1n) is 6.62. The van der Waals surface area contributed by atoms with E-state index in [1.807, 2.05) is 0 Å². The fourth-order valence-corrected chi connectivity index (χ4v) is 2.30. The van der Waals surface area contributed by atoms with Crippen molar-refractivity contribution in [2.45, 2.75) is 64.0 Å². The van der Waals surface area contributed by atoms with Crippen LogP contribution in [0.1, 0.15) is 52.4 Å². The van der Waals surface area contributed by atoms with Gasteiger partial charge in [-0.25, -0.2) is 0 Å². The monoisotopic (exact) mass is 229 g/mol. The third-order valence-electron chi connectivity index (χ3n) is 3.21. The lowest BCUT2D eigenvalue weighted by Crippen LogP contribution is -2.43. The smallest absolute Gasteiger partial charge is 0.0641 e. The molecule has 1 atom stereocenters. The van der Waals surface area contributed by atoms with Gasteiger partial charge >= 0.3 is 0 Å². The molecule has 1 saturated heterocycles. The molecule has 1 heterocycles. The van der Waals surface area contributed by atoms with Gasteiger partial charge in [-0.3, -0.25) is 0 Å². The predicted molar refractivity (Wildman–Crippen MR) is 66.6 cm³/mol. The highest BCUT2D eigenvalue weighted by Crippen LogP contribution is 2.23. The van der Waals surface area contributed by atoms with Gasteiger partial charge in [0.1, 0.15) is 0 Å². The third-order valence-corrected chi connectivity index (χ3v) is 3.21. The fraction of sp³-hybridized carbons (Fsp3) is 1.00. The van der Waals surface area contributed by atoms with Gasteiger partial charge in [-0.1, -0.05) is 12.8 Å². The normalized spacial score (nSPS) is 24.6. The fourth-order valence-electron chi connectivity index (χ4n) is 2.30. The molecule has 2 N–H and O–H groups in total. The van der Waals surface area contributed by atoms with E-state index in [0.29, 0.717) is 12.6 Å². The standard InChI is InChI=1S/C13H27NO2/c1-13(2)11-12(7-10-16-13)14-8-5-3-4-6-9-15/h12,14-15H,3-11H2,1-2H3. The molecular weight excluding hydrogens is 202 g/mol. The van der Waals surface area contributed by atoms with Crippen LogP contribution in [0.5, 0.6) is 0 Å². The van der Waals surface area contributed by atoms with Gasteiger partial charge in [0.25, 0.3) is 0 Å². The van der Waals surface area contributed by atoms with Gasteiger partial charge in [-0.05, 0) is 46.1 Å². The van der Waals surface area contributed by atoms with Crippen molar-refractivity contribution in [2.24, 2.45) is 0 Å². The molecule has 3 nitrogen and oxygen atoms in total. The molecule has 1 fully saturated rings. The van der Waals surface area contributed by atoms with Crippen molar-refractivity contribution >= 4 is 0 Å². The summed E-state index contributed by atoms with van der Waals surface area (Å²) in [6.45, 7) is 6.66. The molecule has 0 aliphatic carbocycles. The Kier molecular flexibility index (Phi) is 6.32. The van der Waals surface area contributed by atoms with E-state index >= 15 is 0 Å². The summed E-state index contributed by atoms with van der Waals surface area (Å²) in [4.78, 5) is 0. The van der Waals surface area contributed by atoms with Crippen molar-refractivity contribution in [1.82, 2.24) is 5.32 Å². The Bertz CT molecular complexity index is 183.